The molecule has 0 aliphatic carbocycles. The molecule has 0 atom stereocenters. The second-order valence-corrected chi connectivity index (χ2v) is 7.42. The molecule has 2 heterocycles. The van der Waals surface area contributed by atoms with Crippen LogP contribution in [-0.4, -0.2) is 57.2 Å². The monoisotopic (exact) mass is 380 g/mol. The van der Waals surface area contributed by atoms with Gasteiger partial charge in [0.25, 0.3) is 5.91 Å². The third kappa shape index (κ3) is 3.59. The topological polar surface area (TPSA) is 62.0 Å². The standard InChI is InChI=1S/C22H28N4O2/c1-28-21-7-3-2-6-20(21)25-14-12-24(13-15-25)19-9-8-17(23)16-18(19)22(27)26-10-4-5-11-26/h2-3,6-9,16H,4-5,10-15,23H2,1H3. The molecule has 0 spiro atoms. The van der Waals surface area contributed by atoms with E-state index >= 15 is 0 Å². The van der Waals surface area contributed by atoms with Gasteiger partial charge in [-0.1, -0.05) is 12.1 Å². The van der Waals surface area contributed by atoms with Crippen LogP contribution in [0, 0.1) is 0 Å². The van der Waals surface area contributed by atoms with Crippen LogP contribution in [0.3, 0.4) is 0 Å². The van der Waals surface area contributed by atoms with E-state index in [4.69, 9.17) is 10.5 Å². The van der Waals surface area contributed by atoms with Gasteiger partial charge in [0.2, 0.25) is 0 Å². The number of carbonyl (C=O) groups is 1. The number of ether oxygens (including phenoxy) is 1. The maximum Gasteiger partial charge on any atom is 0.256 e. The highest BCUT2D eigenvalue weighted by atomic mass is 16.5. The average molecular weight is 380 g/mol. The smallest absolute Gasteiger partial charge is 0.256 e. The summed E-state index contributed by atoms with van der Waals surface area (Å²) in [7, 11) is 1.71. The zero-order valence-corrected chi connectivity index (χ0v) is 16.4. The number of hydrogen-bond acceptors (Lipinski definition) is 5. The van der Waals surface area contributed by atoms with Gasteiger partial charge in [0.05, 0.1) is 18.4 Å². The molecule has 0 radical (unpaired) electrons. The molecule has 2 aromatic carbocycles. The summed E-state index contributed by atoms with van der Waals surface area (Å²) in [6.45, 7) is 5.14. The van der Waals surface area contributed by atoms with Crippen molar-refractivity contribution in [3.63, 3.8) is 0 Å². The first kappa shape index (κ1) is 18.5. The van der Waals surface area contributed by atoms with E-state index in [1.54, 1.807) is 7.11 Å². The van der Waals surface area contributed by atoms with Gasteiger partial charge in [0.1, 0.15) is 5.75 Å². The molecule has 0 bridgehead atoms. The van der Waals surface area contributed by atoms with Crippen molar-refractivity contribution in [2.75, 3.05) is 61.9 Å². The van der Waals surface area contributed by atoms with Gasteiger partial charge in [-0.15, -0.1) is 0 Å². The lowest BCUT2D eigenvalue weighted by atomic mass is 10.1. The molecule has 0 saturated carbocycles. The van der Waals surface area contributed by atoms with Crippen molar-refractivity contribution in [3.8, 4) is 5.75 Å². The lowest BCUT2D eigenvalue weighted by molar-refractivity contribution is 0.0793. The van der Waals surface area contributed by atoms with Gasteiger partial charge >= 0.3 is 0 Å². The maximum absolute atomic E-state index is 13.0. The Morgan fingerprint density at radius 3 is 2.21 bits per heavy atom. The van der Waals surface area contributed by atoms with Crippen molar-refractivity contribution in [3.05, 3.63) is 48.0 Å². The van der Waals surface area contributed by atoms with E-state index in [9.17, 15) is 4.79 Å². The van der Waals surface area contributed by atoms with Gasteiger partial charge in [0.15, 0.2) is 0 Å². The Hall–Kier alpha value is -2.89. The van der Waals surface area contributed by atoms with Crippen LogP contribution in [0.25, 0.3) is 0 Å². The van der Waals surface area contributed by atoms with Gasteiger partial charge in [-0.25, -0.2) is 0 Å². The molecule has 4 rings (SSSR count). The summed E-state index contributed by atoms with van der Waals surface area (Å²) in [6, 6.07) is 13.8. The summed E-state index contributed by atoms with van der Waals surface area (Å²) >= 11 is 0. The van der Waals surface area contributed by atoms with Gasteiger partial charge in [-0.2, -0.15) is 0 Å². The number of hydrogen-bond donors (Lipinski definition) is 1. The highest BCUT2D eigenvalue weighted by molar-refractivity contribution is 6.01. The van der Waals surface area contributed by atoms with Gasteiger partial charge < -0.3 is 25.2 Å². The molecule has 0 aromatic heterocycles. The Bertz CT molecular complexity index is 840. The van der Waals surface area contributed by atoms with Crippen LogP contribution in [0.4, 0.5) is 17.1 Å². The first-order valence-corrected chi connectivity index (χ1v) is 9.99. The summed E-state index contributed by atoms with van der Waals surface area (Å²) in [6.07, 6.45) is 2.17. The van der Waals surface area contributed by atoms with Crippen LogP contribution < -0.4 is 20.3 Å². The molecule has 2 N–H and O–H groups in total. The highest BCUT2D eigenvalue weighted by Gasteiger charge is 2.26. The number of nitrogens with two attached hydrogens (primary N) is 1. The number of amides is 1. The number of rotatable bonds is 4. The Kier molecular flexibility index (Phi) is 5.28. The average Bonchev–Trinajstić information content (AvgIpc) is 3.28. The lowest BCUT2D eigenvalue weighted by Crippen LogP contribution is -2.47. The quantitative estimate of drug-likeness (QED) is 0.827. The number of likely N-dealkylation sites (tertiary alicyclic amines) is 1. The minimum absolute atomic E-state index is 0.104. The van der Waals surface area contributed by atoms with Crippen molar-refractivity contribution in [2.24, 2.45) is 0 Å². The summed E-state index contributed by atoms with van der Waals surface area (Å²) in [4.78, 5) is 19.6. The van der Waals surface area contributed by atoms with Crippen LogP contribution in [0.1, 0.15) is 23.2 Å². The van der Waals surface area contributed by atoms with Crippen LogP contribution >= 0.6 is 0 Å². The van der Waals surface area contributed by atoms with Crippen LogP contribution in [0.2, 0.25) is 0 Å². The Labute approximate surface area is 166 Å². The van der Waals surface area contributed by atoms with E-state index in [0.717, 1.165) is 74.8 Å². The van der Waals surface area contributed by atoms with E-state index in [2.05, 4.69) is 15.9 Å². The Balaban J connectivity index is 1.52. The zero-order chi connectivity index (χ0) is 19.5. The first-order chi connectivity index (χ1) is 13.7. The molecular weight excluding hydrogens is 352 g/mol. The largest absolute Gasteiger partial charge is 0.495 e. The molecule has 6 nitrogen and oxygen atoms in total. The number of piperazine rings is 1. The summed E-state index contributed by atoms with van der Waals surface area (Å²) in [5.74, 6) is 1.00. The SMILES string of the molecule is COc1ccccc1N1CCN(c2ccc(N)cc2C(=O)N2CCCC2)CC1. The fourth-order valence-corrected chi connectivity index (χ4v) is 4.17. The molecule has 1 amide bonds. The number of carbonyl (C=O) groups excluding carboxylic acids is 1. The molecular formula is C22H28N4O2. The first-order valence-electron chi connectivity index (χ1n) is 9.99. The summed E-state index contributed by atoms with van der Waals surface area (Å²) in [5, 5.41) is 0. The predicted octanol–water partition coefficient (Wildman–Crippen LogP) is 2.84. The second kappa shape index (κ2) is 8.00. The number of nitrogens with zero attached hydrogens (tertiary/aromatic N) is 3. The van der Waals surface area contributed by atoms with E-state index in [1.165, 1.54) is 0 Å². The second-order valence-electron chi connectivity index (χ2n) is 7.42. The fraction of sp³-hybridized carbons (Fsp3) is 0.409. The van der Waals surface area contributed by atoms with Crippen molar-refractivity contribution in [1.29, 1.82) is 0 Å². The highest BCUT2D eigenvalue weighted by Crippen LogP contribution is 2.31. The van der Waals surface area contributed by atoms with Gasteiger partial charge in [-0.05, 0) is 43.2 Å². The predicted molar refractivity (Wildman–Crippen MR) is 113 cm³/mol. The summed E-state index contributed by atoms with van der Waals surface area (Å²) in [5.41, 5.74) is 9.49. The Morgan fingerprint density at radius 1 is 0.893 bits per heavy atom. The van der Waals surface area contributed by atoms with E-state index in [0.29, 0.717) is 5.69 Å². The lowest BCUT2D eigenvalue weighted by Gasteiger charge is -2.38. The third-order valence-electron chi connectivity index (χ3n) is 5.69. The molecule has 2 aromatic rings. The van der Waals surface area contributed by atoms with Crippen molar-refractivity contribution in [1.82, 2.24) is 4.90 Å². The van der Waals surface area contributed by atoms with Crippen molar-refractivity contribution >= 4 is 23.0 Å². The maximum atomic E-state index is 13.0. The zero-order valence-electron chi connectivity index (χ0n) is 16.4. The minimum atomic E-state index is 0.104. The number of nitrogen functional groups attached to an aromatic ring is 1. The van der Waals surface area contributed by atoms with Crippen LogP contribution in [-0.2, 0) is 0 Å². The van der Waals surface area contributed by atoms with E-state index in [1.807, 2.05) is 41.3 Å². The molecule has 2 aliphatic heterocycles. The molecule has 2 fully saturated rings. The minimum Gasteiger partial charge on any atom is -0.495 e. The number of anilines is 3. The number of para-hydroxylation sites is 2. The summed E-state index contributed by atoms with van der Waals surface area (Å²) < 4.78 is 5.51. The van der Waals surface area contributed by atoms with Gasteiger partial charge in [-0.3, -0.25) is 4.79 Å². The van der Waals surface area contributed by atoms with Gasteiger partial charge in [0, 0.05) is 50.6 Å². The van der Waals surface area contributed by atoms with Crippen molar-refractivity contribution < 1.29 is 9.53 Å². The number of benzene rings is 2. The molecule has 148 valence electrons. The van der Waals surface area contributed by atoms with E-state index in [-0.39, 0.29) is 5.91 Å². The fourth-order valence-electron chi connectivity index (χ4n) is 4.17. The Morgan fingerprint density at radius 2 is 1.54 bits per heavy atom. The third-order valence-corrected chi connectivity index (χ3v) is 5.69. The molecule has 0 unspecified atom stereocenters. The molecule has 2 aliphatic rings. The normalized spacial score (nSPS) is 17.1. The molecule has 28 heavy (non-hydrogen) atoms. The van der Waals surface area contributed by atoms with Crippen LogP contribution in [0.5, 0.6) is 5.75 Å². The van der Waals surface area contributed by atoms with Crippen LogP contribution in [0.15, 0.2) is 42.5 Å². The van der Waals surface area contributed by atoms with Crippen molar-refractivity contribution in [2.45, 2.75) is 12.8 Å². The molecule has 6 heteroatoms. The van der Waals surface area contributed by atoms with E-state index < -0.39 is 0 Å². The molecule has 2 saturated heterocycles. The number of methoxy groups -OCH3 is 1.